The zero-order valence-electron chi connectivity index (χ0n) is 11.3. The van der Waals surface area contributed by atoms with Crippen molar-refractivity contribution in [1.29, 1.82) is 0 Å². The first-order chi connectivity index (χ1) is 9.65. The van der Waals surface area contributed by atoms with E-state index in [1.807, 2.05) is 12.1 Å². The summed E-state index contributed by atoms with van der Waals surface area (Å²) in [7, 11) is 0. The molecule has 0 aliphatic heterocycles. The lowest BCUT2D eigenvalue weighted by Crippen LogP contribution is -1.96. The molecule has 0 saturated carbocycles. The van der Waals surface area contributed by atoms with Crippen molar-refractivity contribution in [2.45, 2.75) is 20.3 Å². The van der Waals surface area contributed by atoms with Crippen LogP contribution in [0.4, 0.5) is 11.5 Å². The van der Waals surface area contributed by atoms with Crippen LogP contribution in [0, 0.1) is 6.92 Å². The lowest BCUT2D eigenvalue weighted by molar-refractivity contribution is 1.14. The topological polar surface area (TPSA) is 37.8 Å². The second-order valence-corrected chi connectivity index (χ2v) is 6.17. The largest absolute Gasteiger partial charge is 0.340 e. The van der Waals surface area contributed by atoms with Crippen molar-refractivity contribution >= 4 is 44.7 Å². The molecule has 3 rings (SSSR count). The molecule has 0 bridgehead atoms. The van der Waals surface area contributed by atoms with E-state index in [0.29, 0.717) is 0 Å². The minimum atomic E-state index is 0.272. The Labute approximate surface area is 126 Å². The first kappa shape index (κ1) is 13.3. The number of anilines is 2. The van der Waals surface area contributed by atoms with Crippen molar-refractivity contribution in [1.82, 2.24) is 9.97 Å². The van der Waals surface area contributed by atoms with Gasteiger partial charge in [-0.2, -0.15) is 4.98 Å². The molecule has 2 aromatic heterocycles. The summed E-state index contributed by atoms with van der Waals surface area (Å²) in [5.74, 6) is 0.762. The number of hydrogen-bond donors (Lipinski definition) is 1. The molecule has 2 heterocycles. The van der Waals surface area contributed by atoms with E-state index >= 15 is 0 Å². The van der Waals surface area contributed by atoms with Gasteiger partial charge in [0.2, 0.25) is 5.28 Å². The highest BCUT2D eigenvalue weighted by molar-refractivity contribution is 7.18. The maximum absolute atomic E-state index is 6.00. The summed E-state index contributed by atoms with van der Waals surface area (Å²) >= 11 is 7.63. The van der Waals surface area contributed by atoms with Crippen molar-refractivity contribution in [3.8, 4) is 0 Å². The fraction of sp³-hybridized carbons (Fsp3) is 0.200. The molecule has 0 unspecified atom stereocenters. The molecule has 0 aliphatic rings. The van der Waals surface area contributed by atoms with Gasteiger partial charge in [-0.3, -0.25) is 0 Å². The summed E-state index contributed by atoms with van der Waals surface area (Å²) < 4.78 is 0. The molecular formula is C15H14ClN3S. The summed E-state index contributed by atoms with van der Waals surface area (Å²) in [4.78, 5) is 10.7. The van der Waals surface area contributed by atoms with E-state index in [1.54, 1.807) is 11.3 Å². The summed E-state index contributed by atoms with van der Waals surface area (Å²) in [6, 6.07) is 10.4. The van der Waals surface area contributed by atoms with Gasteiger partial charge in [-0.1, -0.05) is 19.1 Å². The number of benzene rings is 1. The lowest BCUT2D eigenvalue weighted by atomic mass is 10.1. The Hall–Kier alpha value is -1.65. The molecule has 20 heavy (non-hydrogen) atoms. The SMILES string of the molecule is CCc1cccc(Nc2nc(Cl)nc3sc(C)cc23)c1. The van der Waals surface area contributed by atoms with E-state index in [-0.39, 0.29) is 5.28 Å². The van der Waals surface area contributed by atoms with Gasteiger partial charge < -0.3 is 5.32 Å². The van der Waals surface area contributed by atoms with E-state index in [0.717, 1.165) is 28.1 Å². The number of nitrogens with one attached hydrogen (secondary N) is 1. The van der Waals surface area contributed by atoms with Gasteiger partial charge in [-0.15, -0.1) is 11.3 Å². The number of thiophene rings is 1. The van der Waals surface area contributed by atoms with Gasteiger partial charge in [0.05, 0.1) is 5.39 Å². The normalized spacial score (nSPS) is 10.9. The minimum Gasteiger partial charge on any atom is -0.340 e. The molecule has 0 atom stereocenters. The van der Waals surface area contributed by atoms with E-state index in [4.69, 9.17) is 11.6 Å². The van der Waals surface area contributed by atoms with Crippen LogP contribution in [0.2, 0.25) is 5.28 Å². The third kappa shape index (κ3) is 2.62. The first-order valence-electron chi connectivity index (χ1n) is 6.45. The quantitative estimate of drug-likeness (QED) is 0.695. The Morgan fingerprint density at radius 2 is 2.10 bits per heavy atom. The van der Waals surface area contributed by atoms with Crippen LogP contribution in [0.25, 0.3) is 10.2 Å². The zero-order chi connectivity index (χ0) is 14.1. The van der Waals surface area contributed by atoms with Crippen LogP contribution >= 0.6 is 22.9 Å². The number of nitrogens with zero attached hydrogens (tertiary/aromatic N) is 2. The molecule has 5 heteroatoms. The highest BCUT2D eigenvalue weighted by Gasteiger charge is 2.10. The molecule has 0 aliphatic carbocycles. The van der Waals surface area contributed by atoms with Crippen molar-refractivity contribution < 1.29 is 0 Å². The van der Waals surface area contributed by atoms with E-state index < -0.39 is 0 Å². The average Bonchev–Trinajstić information content (AvgIpc) is 2.79. The molecule has 1 aromatic carbocycles. The van der Waals surface area contributed by atoms with E-state index in [9.17, 15) is 0 Å². The third-order valence-corrected chi connectivity index (χ3v) is 4.20. The number of halogens is 1. The molecule has 0 fully saturated rings. The lowest BCUT2D eigenvalue weighted by Gasteiger charge is -2.08. The Morgan fingerprint density at radius 1 is 1.25 bits per heavy atom. The van der Waals surface area contributed by atoms with Crippen LogP contribution in [0.3, 0.4) is 0 Å². The monoisotopic (exact) mass is 303 g/mol. The van der Waals surface area contributed by atoms with E-state index in [1.165, 1.54) is 10.4 Å². The first-order valence-corrected chi connectivity index (χ1v) is 7.65. The Kier molecular flexibility index (Phi) is 3.59. The molecule has 0 saturated heterocycles. The number of aromatic nitrogens is 2. The second-order valence-electron chi connectivity index (χ2n) is 4.60. The number of aryl methyl sites for hydroxylation is 2. The van der Waals surface area contributed by atoms with Gasteiger partial charge in [-0.25, -0.2) is 4.98 Å². The number of hydrogen-bond acceptors (Lipinski definition) is 4. The van der Waals surface area contributed by atoms with Crippen LogP contribution in [0.1, 0.15) is 17.4 Å². The van der Waals surface area contributed by atoms with Gasteiger partial charge in [0, 0.05) is 10.6 Å². The van der Waals surface area contributed by atoms with Crippen molar-refractivity contribution in [2.75, 3.05) is 5.32 Å². The maximum atomic E-state index is 6.00. The molecule has 0 amide bonds. The highest BCUT2D eigenvalue weighted by Crippen LogP contribution is 2.31. The molecule has 0 spiro atoms. The number of fused-ring (bicyclic) bond motifs is 1. The zero-order valence-corrected chi connectivity index (χ0v) is 12.8. The predicted molar refractivity (Wildman–Crippen MR) is 86.3 cm³/mol. The van der Waals surface area contributed by atoms with Gasteiger partial charge in [0.25, 0.3) is 0 Å². The smallest absolute Gasteiger partial charge is 0.225 e. The average molecular weight is 304 g/mol. The molecule has 1 N–H and O–H groups in total. The van der Waals surface area contributed by atoms with Crippen molar-refractivity contribution in [3.63, 3.8) is 0 Å². The number of rotatable bonds is 3. The summed E-state index contributed by atoms with van der Waals surface area (Å²) in [6.45, 7) is 4.20. The molecule has 3 nitrogen and oxygen atoms in total. The van der Waals surface area contributed by atoms with Crippen molar-refractivity contribution in [3.05, 3.63) is 46.1 Å². The van der Waals surface area contributed by atoms with Gasteiger partial charge in [0.1, 0.15) is 10.6 Å². The third-order valence-electron chi connectivity index (χ3n) is 3.09. The predicted octanol–water partition coefficient (Wildman–Crippen LogP) is 4.96. The molecular weight excluding hydrogens is 290 g/mol. The van der Waals surface area contributed by atoms with Gasteiger partial charge in [0.15, 0.2) is 0 Å². The van der Waals surface area contributed by atoms with Crippen molar-refractivity contribution in [2.24, 2.45) is 0 Å². The van der Waals surface area contributed by atoms with Crippen LogP contribution in [0.15, 0.2) is 30.3 Å². The molecule has 0 radical (unpaired) electrons. The van der Waals surface area contributed by atoms with E-state index in [2.05, 4.69) is 47.3 Å². The van der Waals surface area contributed by atoms with Crippen LogP contribution in [-0.4, -0.2) is 9.97 Å². The van der Waals surface area contributed by atoms with Crippen LogP contribution < -0.4 is 5.32 Å². The van der Waals surface area contributed by atoms with Gasteiger partial charge in [-0.05, 0) is 48.7 Å². The van der Waals surface area contributed by atoms with Gasteiger partial charge >= 0.3 is 0 Å². The highest BCUT2D eigenvalue weighted by atomic mass is 35.5. The molecule has 102 valence electrons. The standard InChI is InChI=1S/C15H14ClN3S/c1-3-10-5-4-6-11(8-10)17-13-12-7-9(2)20-14(12)19-15(16)18-13/h4-8H,3H2,1-2H3,(H,17,18,19). The summed E-state index contributed by atoms with van der Waals surface area (Å²) in [5.41, 5.74) is 2.30. The van der Waals surface area contributed by atoms with Crippen LogP contribution in [-0.2, 0) is 6.42 Å². The fourth-order valence-corrected chi connectivity index (χ4v) is 3.22. The van der Waals surface area contributed by atoms with Crippen LogP contribution in [0.5, 0.6) is 0 Å². The Bertz CT molecular complexity index is 767. The molecule has 3 aromatic rings. The Morgan fingerprint density at radius 3 is 2.90 bits per heavy atom. The second kappa shape index (κ2) is 5.38. The fourth-order valence-electron chi connectivity index (χ4n) is 2.12. The summed E-state index contributed by atoms with van der Waals surface area (Å²) in [6.07, 6.45) is 1.01. The minimum absolute atomic E-state index is 0.272. The summed E-state index contributed by atoms with van der Waals surface area (Å²) in [5, 5.41) is 4.63. The maximum Gasteiger partial charge on any atom is 0.225 e. The Balaban J connectivity index is 2.05.